The second-order valence-corrected chi connectivity index (χ2v) is 2.20. The van der Waals surface area contributed by atoms with Crippen LogP contribution in [0.4, 0.5) is 0 Å². The number of methoxy groups -OCH3 is 1. The molecule has 0 saturated heterocycles. The second kappa shape index (κ2) is 6.39. The molecule has 0 aromatic rings. The molecule has 0 aromatic heterocycles. The number of aliphatic carboxylic acids is 1. The number of carboxylic acid groups (broad SMARTS) is 1. The average molecular weight is 184 g/mol. The second-order valence-electron chi connectivity index (χ2n) is 2.20. The van der Waals surface area contributed by atoms with E-state index in [9.17, 15) is 4.79 Å². The number of nitrogens with two attached hydrogens (primary N) is 1. The summed E-state index contributed by atoms with van der Waals surface area (Å²) in [5, 5.41) is 8.29. The Hall–Kier alpha value is -0.320. The van der Waals surface area contributed by atoms with Gasteiger partial charge in [-0.3, -0.25) is 4.79 Å². The number of hydrogen-bond donors (Lipinski definition) is 2. The average Bonchev–Trinajstić information content (AvgIpc) is 1.85. The summed E-state index contributed by atoms with van der Waals surface area (Å²) in [7, 11) is 1.51. The minimum atomic E-state index is -0.892. The molecule has 2 atom stereocenters. The van der Waals surface area contributed by atoms with Crippen molar-refractivity contribution in [2.45, 2.75) is 25.5 Å². The van der Waals surface area contributed by atoms with E-state index in [0.29, 0.717) is 0 Å². The van der Waals surface area contributed by atoms with Crippen molar-refractivity contribution in [3.63, 3.8) is 0 Å². The van der Waals surface area contributed by atoms with Crippen LogP contribution in [0.1, 0.15) is 13.3 Å². The molecule has 0 bridgehead atoms. The van der Waals surface area contributed by atoms with Crippen molar-refractivity contribution >= 4 is 18.4 Å². The first-order chi connectivity index (χ1) is 4.57. The number of ether oxygens (including phenoxy) is 1. The summed E-state index contributed by atoms with van der Waals surface area (Å²) in [6, 6.07) is -0.414. The van der Waals surface area contributed by atoms with Crippen molar-refractivity contribution in [2.24, 2.45) is 5.73 Å². The van der Waals surface area contributed by atoms with Crippen LogP contribution in [0.15, 0.2) is 0 Å². The van der Waals surface area contributed by atoms with Crippen LogP contribution < -0.4 is 5.73 Å². The summed E-state index contributed by atoms with van der Waals surface area (Å²) >= 11 is 0. The fourth-order valence-corrected chi connectivity index (χ4v) is 0.542. The molecule has 0 fully saturated rings. The van der Waals surface area contributed by atoms with Crippen molar-refractivity contribution < 1.29 is 14.6 Å². The third kappa shape index (κ3) is 6.09. The standard InChI is InChI=1S/C6H13NO3.ClH/c1-4(10-2)5(7)3-6(8)9;/h4-5H,3,7H2,1-2H3,(H,8,9);1H/t4-,5-;/m1./s1. The van der Waals surface area contributed by atoms with E-state index >= 15 is 0 Å². The Balaban J connectivity index is 0. The molecule has 0 spiro atoms. The summed E-state index contributed by atoms with van der Waals surface area (Å²) in [6.07, 6.45) is -0.245. The van der Waals surface area contributed by atoms with Crippen LogP contribution in [-0.2, 0) is 9.53 Å². The molecule has 0 radical (unpaired) electrons. The summed E-state index contributed by atoms with van der Waals surface area (Å²) < 4.78 is 4.82. The third-order valence-electron chi connectivity index (χ3n) is 1.39. The topological polar surface area (TPSA) is 72.5 Å². The fourth-order valence-electron chi connectivity index (χ4n) is 0.542. The number of hydrogen-bond acceptors (Lipinski definition) is 3. The zero-order valence-electron chi connectivity index (χ0n) is 6.61. The maximum atomic E-state index is 10.1. The first-order valence-electron chi connectivity index (χ1n) is 3.08. The van der Waals surface area contributed by atoms with E-state index in [-0.39, 0.29) is 24.9 Å². The number of carbonyl (C=O) groups is 1. The molecule has 0 aliphatic carbocycles. The first-order valence-corrected chi connectivity index (χ1v) is 3.08. The maximum Gasteiger partial charge on any atom is 0.305 e. The normalized spacial score (nSPS) is 14.8. The van der Waals surface area contributed by atoms with Gasteiger partial charge < -0.3 is 15.6 Å². The number of halogens is 1. The molecule has 0 unspecified atom stereocenters. The molecule has 0 aliphatic heterocycles. The minimum Gasteiger partial charge on any atom is -0.481 e. The lowest BCUT2D eigenvalue weighted by Gasteiger charge is -2.15. The highest BCUT2D eigenvalue weighted by atomic mass is 35.5. The Kier molecular flexibility index (Phi) is 7.72. The van der Waals surface area contributed by atoms with Crippen LogP contribution >= 0.6 is 12.4 Å². The lowest BCUT2D eigenvalue weighted by molar-refractivity contribution is -0.138. The van der Waals surface area contributed by atoms with Crippen molar-refractivity contribution in [1.82, 2.24) is 0 Å². The predicted molar refractivity (Wildman–Crippen MR) is 43.9 cm³/mol. The quantitative estimate of drug-likeness (QED) is 0.655. The van der Waals surface area contributed by atoms with Gasteiger partial charge in [0.25, 0.3) is 0 Å². The lowest BCUT2D eigenvalue weighted by Crippen LogP contribution is -2.35. The molecule has 0 aromatic carbocycles. The van der Waals surface area contributed by atoms with Gasteiger partial charge in [0.2, 0.25) is 0 Å². The van der Waals surface area contributed by atoms with Crippen molar-refractivity contribution in [1.29, 1.82) is 0 Å². The van der Waals surface area contributed by atoms with Gasteiger partial charge in [-0.25, -0.2) is 0 Å². The van der Waals surface area contributed by atoms with Crippen LogP contribution in [0.3, 0.4) is 0 Å². The first kappa shape index (κ1) is 13.3. The largest absolute Gasteiger partial charge is 0.481 e. The van der Waals surface area contributed by atoms with Crippen LogP contribution in [0.25, 0.3) is 0 Å². The van der Waals surface area contributed by atoms with Crippen molar-refractivity contribution in [2.75, 3.05) is 7.11 Å². The lowest BCUT2D eigenvalue weighted by atomic mass is 10.1. The Morgan fingerprint density at radius 1 is 1.73 bits per heavy atom. The van der Waals surface area contributed by atoms with Gasteiger partial charge in [-0.2, -0.15) is 0 Å². The molecule has 68 valence electrons. The molecule has 3 N–H and O–H groups in total. The van der Waals surface area contributed by atoms with Gasteiger partial charge in [0.05, 0.1) is 12.5 Å². The smallest absolute Gasteiger partial charge is 0.305 e. The monoisotopic (exact) mass is 183 g/mol. The summed E-state index contributed by atoms with van der Waals surface area (Å²) in [6.45, 7) is 1.74. The fraction of sp³-hybridized carbons (Fsp3) is 0.833. The molecular formula is C6H14ClNO3. The van der Waals surface area contributed by atoms with Gasteiger partial charge in [-0.1, -0.05) is 0 Å². The predicted octanol–water partition coefficient (Wildman–Crippen LogP) is 0.245. The van der Waals surface area contributed by atoms with E-state index in [2.05, 4.69) is 0 Å². The van der Waals surface area contributed by atoms with Crippen LogP contribution in [-0.4, -0.2) is 30.3 Å². The van der Waals surface area contributed by atoms with Crippen LogP contribution in [0, 0.1) is 0 Å². The summed E-state index contributed by atoms with van der Waals surface area (Å²) in [5.74, 6) is -0.892. The van der Waals surface area contributed by atoms with E-state index in [1.165, 1.54) is 7.11 Å². The molecule has 0 heterocycles. The van der Waals surface area contributed by atoms with E-state index < -0.39 is 12.0 Å². The molecular weight excluding hydrogens is 170 g/mol. The number of rotatable bonds is 4. The van der Waals surface area contributed by atoms with E-state index in [4.69, 9.17) is 15.6 Å². The minimum absolute atomic E-state index is 0. The third-order valence-corrected chi connectivity index (χ3v) is 1.39. The molecule has 5 heteroatoms. The van der Waals surface area contributed by atoms with Gasteiger partial charge in [0.15, 0.2) is 0 Å². The van der Waals surface area contributed by atoms with E-state index in [1.807, 2.05) is 0 Å². The van der Waals surface area contributed by atoms with Gasteiger partial charge in [0, 0.05) is 13.2 Å². The van der Waals surface area contributed by atoms with Crippen LogP contribution in [0.5, 0.6) is 0 Å². The Morgan fingerprint density at radius 2 is 2.18 bits per heavy atom. The van der Waals surface area contributed by atoms with E-state index in [1.54, 1.807) is 6.92 Å². The highest BCUT2D eigenvalue weighted by Crippen LogP contribution is 1.98. The molecule has 0 aliphatic rings. The zero-order valence-corrected chi connectivity index (χ0v) is 7.43. The van der Waals surface area contributed by atoms with Gasteiger partial charge in [-0.15, -0.1) is 12.4 Å². The number of carboxylic acids is 1. The molecule has 4 nitrogen and oxygen atoms in total. The molecule has 11 heavy (non-hydrogen) atoms. The Bertz CT molecular complexity index is 120. The van der Waals surface area contributed by atoms with Crippen molar-refractivity contribution in [3.05, 3.63) is 0 Å². The van der Waals surface area contributed by atoms with Gasteiger partial charge >= 0.3 is 5.97 Å². The maximum absolute atomic E-state index is 10.1. The van der Waals surface area contributed by atoms with Gasteiger partial charge in [0.1, 0.15) is 0 Å². The molecule has 0 amide bonds. The SMILES string of the molecule is CO[C@H](C)[C@H](N)CC(=O)O.Cl. The van der Waals surface area contributed by atoms with E-state index in [0.717, 1.165) is 0 Å². The summed E-state index contributed by atoms with van der Waals surface area (Å²) in [4.78, 5) is 10.1. The van der Waals surface area contributed by atoms with Crippen LogP contribution in [0.2, 0.25) is 0 Å². The van der Waals surface area contributed by atoms with Gasteiger partial charge in [-0.05, 0) is 6.92 Å². The Labute approximate surface area is 72.1 Å². The highest BCUT2D eigenvalue weighted by Gasteiger charge is 2.14. The Morgan fingerprint density at radius 3 is 2.45 bits per heavy atom. The molecule has 0 saturated carbocycles. The highest BCUT2D eigenvalue weighted by molar-refractivity contribution is 5.85. The summed E-state index contributed by atoms with van der Waals surface area (Å²) in [5.41, 5.74) is 5.42. The molecule has 0 rings (SSSR count). The van der Waals surface area contributed by atoms with Crippen molar-refractivity contribution in [3.8, 4) is 0 Å². The zero-order chi connectivity index (χ0) is 8.15.